The monoisotopic (exact) mass is 272 g/mol. The van der Waals surface area contributed by atoms with E-state index in [4.69, 9.17) is 0 Å². The number of para-hydroxylation sites is 2. The van der Waals surface area contributed by atoms with Crippen molar-refractivity contribution in [1.82, 2.24) is 0 Å². The number of aryl methyl sites for hydroxylation is 1. The molecule has 0 radical (unpaired) electrons. The molecule has 0 atom stereocenters. The minimum atomic E-state index is -0.310. The molecule has 3 nitrogen and oxygen atoms in total. The van der Waals surface area contributed by atoms with Gasteiger partial charge in [0.1, 0.15) is 5.82 Å². The second-order valence-corrected chi connectivity index (χ2v) is 4.83. The molecular formula is C16H17FN2O. The van der Waals surface area contributed by atoms with E-state index in [1.807, 2.05) is 43.3 Å². The number of benzene rings is 2. The summed E-state index contributed by atoms with van der Waals surface area (Å²) in [5.74, 6) is -0.558. The summed E-state index contributed by atoms with van der Waals surface area (Å²) in [4.78, 5) is 14.1. The Morgan fingerprint density at radius 1 is 1.15 bits per heavy atom. The fourth-order valence-electron chi connectivity index (χ4n) is 1.95. The summed E-state index contributed by atoms with van der Waals surface area (Å²) in [6, 6.07) is 11.9. The zero-order chi connectivity index (χ0) is 14.7. The second-order valence-electron chi connectivity index (χ2n) is 4.83. The number of anilines is 2. The number of rotatable bonds is 3. The van der Waals surface area contributed by atoms with Crippen LogP contribution in [0.5, 0.6) is 0 Å². The highest BCUT2D eigenvalue weighted by molar-refractivity contribution is 6.06. The highest BCUT2D eigenvalue weighted by Crippen LogP contribution is 2.24. The van der Waals surface area contributed by atoms with Gasteiger partial charge < -0.3 is 10.2 Å². The number of carbonyl (C=O) groups is 1. The Balaban J connectivity index is 2.26. The molecule has 1 amide bonds. The number of carbonyl (C=O) groups excluding carboxylic acids is 1. The van der Waals surface area contributed by atoms with E-state index < -0.39 is 0 Å². The lowest BCUT2D eigenvalue weighted by molar-refractivity contribution is 0.102. The molecule has 0 aliphatic rings. The van der Waals surface area contributed by atoms with E-state index in [1.165, 1.54) is 12.1 Å². The summed E-state index contributed by atoms with van der Waals surface area (Å²) in [6.45, 7) is 1.64. The normalized spacial score (nSPS) is 10.2. The van der Waals surface area contributed by atoms with Gasteiger partial charge in [0.05, 0.1) is 11.4 Å². The van der Waals surface area contributed by atoms with Crippen molar-refractivity contribution in [1.29, 1.82) is 0 Å². The van der Waals surface area contributed by atoms with Crippen molar-refractivity contribution >= 4 is 17.3 Å². The minimum Gasteiger partial charge on any atom is -0.376 e. The van der Waals surface area contributed by atoms with Crippen LogP contribution in [0, 0.1) is 12.7 Å². The Labute approximate surface area is 118 Å². The summed E-state index contributed by atoms with van der Waals surface area (Å²) in [6.07, 6.45) is 0. The molecule has 2 rings (SSSR count). The van der Waals surface area contributed by atoms with E-state index in [0.29, 0.717) is 11.1 Å². The lowest BCUT2D eigenvalue weighted by Gasteiger charge is -2.17. The van der Waals surface area contributed by atoms with Gasteiger partial charge in [-0.15, -0.1) is 0 Å². The van der Waals surface area contributed by atoms with E-state index in [0.717, 1.165) is 11.4 Å². The zero-order valence-electron chi connectivity index (χ0n) is 11.8. The van der Waals surface area contributed by atoms with Crippen molar-refractivity contribution in [3.8, 4) is 0 Å². The van der Waals surface area contributed by atoms with Crippen molar-refractivity contribution in [2.45, 2.75) is 6.92 Å². The third-order valence-corrected chi connectivity index (χ3v) is 3.05. The van der Waals surface area contributed by atoms with Crippen LogP contribution >= 0.6 is 0 Å². The molecule has 0 spiro atoms. The fraction of sp³-hybridized carbons (Fsp3) is 0.188. The molecule has 0 aliphatic heterocycles. The van der Waals surface area contributed by atoms with Gasteiger partial charge in [0.25, 0.3) is 5.91 Å². The predicted octanol–water partition coefficient (Wildman–Crippen LogP) is 3.45. The van der Waals surface area contributed by atoms with Gasteiger partial charge in [-0.2, -0.15) is 0 Å². The largest absolute Gasteiger partial charge is 0.376 e. The Hall–Kier alpha value is -2.36. The lowest BCUT2D eigenvalue weighted by Crippen LogP contribution is -2.16. The zero-order valence-corrected chi connectivity index (χ0v) is 11.8. The highest BCUT2D eigenvalue weighted by atomic mass is 19.1. The highest BCUT2D eigenvalue weighted by Gasteiger charge is 2.11. The average Bonchev–Trinajstić information content (AvgIpc) is 2.42. The van der Waals surface area contributed by atoms with Crippen LogP contribution in [0.25, 0.3) is 0 Å². The molecular weight excluding hydrogens is 255 g/mol. The van der Waals surface area contributed by atoms with E-state index in [1.54, 1.807) is 13.0 Å². The van der Waals surface area contributed by atoms with Gasteiger partial charge in [-0.3, -0.25) is 4.79 Å². The van der Waals surface area contributed by atoms with Gasteiger partial charge in [-0.25, -0.2) is 4.39 Å². The summed E-state index contributed by atoms with van der Waals surface area (Å²) < 4.78 is 13.2. The first-order valence-electron chi connectivity index (χ1n) is 6.33. The molecule has 0 aromatic heterocycles. The van der Waals surface area contributed by atoms with Gasteiger partial charge in [0.2, 0.25) is 0 Å². The van der Waals surface area contributed by atoms with Crippen LogP contribution in [0.4, 0.5) is 15.8 Å². The number of hydrogen-bond acceptors (Lipinski definition) is 2. The first-order valence-corrected chi connectivity index (χ1v) is 6.33. The molecule has 2 aromatic carbocycles. The maximum Gasteiger partial charge on any atom is 0.255 e. The number of amides is 1. The Morgan fingerprint density at radius 2 is 1.85 bits per heavy atom. The predicted molar refractivity (Wildman–Crippen MR) is 79.9 cm³/mol. The topological polar surface area (TPSA) is 32.3 Å². The number of hydrogen-bond donors (Lipinski definition) is 1. The molecule has 4 heteroatoms. The van der Waals surface area contributed by atoms with Crippen LogP contribution in [-0.4, -0.2) is 20.0 Å². The summed E-state index contributed by atoms with van der Waals surface area (Å²) >= 11 is 0. The molecule has 0 aliphatic carbocycles. The van der Waals surface area contributed by atoms with Crippen molar-refractivity contribution in [3.63, 3.8) is 0 Å². The van der Waals surface area contributed by atoms with E-state index in [2.05, 4.69) is 5.32 Å². The van der Waals surface area contributed by atoms with Crippen LogP contribution < -0.4 is 10.2 Å². The molecule has 0 heterocycles. The van der Waals surface area contributed by atoms with Gasteiger partial charge in [0, 0.05) is 19.7 Å². The van der Waals surface area contributed by atoms with Crippen molar-refractivity contribution in [2.75, 3.05) is 24.3 Å². The van der Waals surface area contributed by atoms with Crippen molar-refractivity contribution in [2.24, 2.45) is 0 Å². The van der Waals surface area contributed by atoms with E-state index >= 15 is 0 Å². The first kappa shape index (κ1) is 14.1. The standard InChI is InChI=1S/C16H17FN2O/c1-11-10-12(8-9-13(11)17)16(20)18-14-6-4-5-7-15(14)19(2)3/h4-10H,1-3H3,(H,18,20). The average molecular weight is 272 g/mol. The third-order valence-electron chi connectivity index (χ3n) is 3.05. The molecule has 2 aromatic rings. The maximum atomic E-state index is 13.2. The van der Waals surface area contributed by atoms with Gasteiger partial charge in [-0.05, 0) is 42.8 Å². The summed E-state index contributed by atoms with van der Waals surface area (Å²) in [5.41, 5.74) is 2.54. The third kappa shape index (κ3) is 2.96. The Bertz CT molecular complexity index is 638. The minimum absolute atomic E-state index is 0.248. The van der Waals surface area contributed by atoms with Gasteiger partial charge in [0.15, 0.2) is 0 Å². The molecule has 0 fully saturated rings. The lowest BCUT2D eigenvalue weighted by atomic mass is 10.1. The molecule has 104 valence electrons. The van der Waals surface area contributed by atoms with Crippen LogP contribution in [-0.2, 0) is 0 Å². The van der Waals surface area contributed by atoms with Crippen LogP contribution in [0.2, 0.25) is 0 Å². The fourth-order valence-corrected chi connectivity index (χ4v) is 1.95. The SMILES string of the molecule is Cc1cc(C(=O)Nc2ccccc2N(C)C)ccc1F. The molecule has 20 heavy (non-hydrogen) atoms. The van der Waals surface area contributed by atoms with Gasteiger partial charge >= 0.3 is 0 Å². The maximum absolute atomic E-state index is 13.2. The molecule has 0 saturated heterocycles. The Kier molecular flexibility index (Phi) is 4.03. The van der Waals surface area contributed by atoms with E-state index in [9.17, 15) is 9.18 Å². The number of nitrogens with zero attached hydrogens (tertiary/aromatic N) is 1. The van der Waals surface area contributed by atoms with Crippen LogP contribution in [0.15, 0.2) is 42.5 Å². The van der Waals surface area contributed by atoms with Crippen molar-refractivity contribution < 1.29 is 9.18 Å². The van der Waals surface area contributed by atoms with Crippen molar-refractivity contribution in [3.05, 3.63) is 59.4 Å². The van der Waals surface area contributed by atoms with Gasteiger partial charge in [-0.1, -0.05) is 12.1 Å². The summed E-state index contributed by atoms with van der Waals surface area (Å²) in [5, 5.41) is 2.85. The quantitative estimate of drug-likeness (QED) is 0.928. The van der Waals surface area contributed by atoms with Crippen LogP contribution in [0.3, 0.4) is 0 Å². The first-order chi connectivity index (χ1) is 9.49. The molecule has 1 N–H and O–H groups in total. The van der Waals surface area contributed by atoms with E-state index in [-0.39, 0.29) is 11.7 Å². The van der Waals surface area contributed by atoms with Crippen LogP contribution in [0.1, 0.15) is 15.9 Å². The molecule has 0 unspecified atom stereocenters. The number of nitrogens with one attached hydrogen (secondary N) is 1. The Morgan fingerprint density at radius 3 is 2.50 bits per heavy atom. The second kappa shape index (κ2) is 5.74. The summed E-state index contributed by atoms with van der Waals surface area (Å²) in [7, 11) is 3.82. The smallest absolute Gasteiger partial charge is 0.255 e. The molecule has 0 bridgehead atoms. The molecule has 0 saturated carbocycles. The number of halogens is 1.